The Balaban J connectivity index is 1.32. The van der Waals surface area contributed by atoms with Gasteiger partial charge in [0, 0.05) is 44.8 Å². The van der Waals surface area contributed by atoms with Crippen LogP contribution in [0.2, 0.25) is 0 Å². The Morgan fingerprint density at radius 1 is 1.25 bits per heavy atom. The maximum atomic E-state index is 13.0. The number of likely N-dealkylation sites (N-methyl/N-ethyl adjacent to an activating group) is 1. The molecule has 3 fully saturated rings. The van der Waals surface area contributed by atoms with Crippen LogP contribution in [0.15, 0.2) is 24.4 Å². The van der Waals surface area contributed by atoms with Gasteiger partial charge in [0.1, 0.15) is 0 Å². The molecule has 2 aliphatic heterocycles. The van der Waals surface area contributed by atoms with Crippen molar-refractivity contribution in [2.45, 2.75) is 57.2 Å². The third-order valence-corrected chi connectivity index (χ3v) is 6.53. The number of fused-ring (bicyclic) bond motifs is 1. The molecule has 152 valence electrons. The first kappa shape index (κ1) is 19.3. The highest BCUT2D eigenvalue weighted by molar-refractivity contribution is 5.89. The SMILES string of the molecule is CN(CC1NNC2CCCCCC21)C(=O)C1CC(=O)N(Cc2ccccn2)C1. The number of hydrazine groups is 1. The number of aromatic nitrogens is 1. The molecule has 0 aromatic carbocycles. The quantitative estimate of drug-likeness (QED) is 0.799. The molecule has 7 nitrogen and oxygen atoms in total. The number of carbonyl (C=O) groups excluding carboxylic acids is 2. The maximum Gasteiger partial charge on any atom is 0.227 e. The van der Waals surface area contributed by atoms with Crippen LogP contribution in [-0.2, 0) is 16.1 Å². The van der Waals surface area contributed by atoms with E-state index in [1.54, 1.807) is 11.1 Å². The summed E-state index contributed by atoms with van der Waals surface area (Å²) >= 11 is 0. The number of rotatable bonds is 5. The zero-order valence-electron chi connectivity index (χ0n) is 16.6. The third kappa shape index (κ3) is 4.20. The summed E-state index contributed by atoms with van der Waals surface area (Å²) in [4.78, 5) is 33.3. The molecule has 0 radical (unpaired) electrons. The summed E-state index contributed by atoms with van der Waals surface area (Å²) in [5, 5.41) is 0. The predicted octanol–water partition coefficient (Wildman–Crippen LogP) is 1.31. The minimum Gasteiger partial charge on any atom is -0.344 e. The van der Waals surface area contributed by atoms with E-state index >= 15 is 0 Å². The summed E-state index contributed by atoms with van der Waals surface area (Å²) in [6, 6.07) is 6.51. The smallest absolute Gasteiger partial charge is 0.227 e. The van der Waals surface area contributed by atoms with Gasteiger partial charge in [-0.2, -0.15) is 0 Å². The third-order valence-electron chi connectivity index (χ3n) is 6.53. The lowest BCUT2D eigenvalue weighted by atomic mass is 9.90. The zero-order valence-corrected chi connectivity index (χ0v) is 16.6. The van der Waals surface area contributed by atoms with Gasteiger partial charge in [-0.3, -0.25) is 25.4 Å². The molecule has 1 aliphatic carbocycles. The van der Waals surface area contributed by atoms with Crippen molar-refractivity contribution >= 4 is 11.8 Å². The van der Waals surface area contributed by atoms with Crippen molar-refractivity contribution in [1.29, 1.82) is 0 Å². The lowest BCUT2D eigenvalue weighted by Gasteiger charge is -2.27. The lowest BCUT2D eigenvalue weighted by Crippen LogP contribution is -2.45. The highest BCUT2D eigenvalue weighted by Gasteiger charge is 2.39. The summed E-state index contributed by atoms with van der Waals surface area (Å²) in [5.41, 5.74) is 7.73. The number of carbonyl (C=O) groups is 2. The molecule has 1 aromatic heterocycles. The summed E-state index contributed by atoms with van der Waals surface area (Å²) < 4.78 is 0. The average molecular weight is 386 g/mol. The summed E-state index contributed by atoms with van der Waals surface area (Å²) in [7, 11) is 1.87. The van der Waals surface area contributed by atoms with Crippen LogP contribution in [0.25, 0.3) is 0 Å². The maximum absolute atomic E-state index is 13.0. The van der Waals surface area contributed by atoms with E-state index in [0.717, 1.165) is 5.69 Å². The van der Waals surface area contributed by atoms with Crippen molar-refractivity contribution in [3.8, 4) is 0 Å². The van der Waals surface area contributed by atoms with Crippen molar-refractivity contribution in [2.24, 2.45) is 11.8 Å². The number of likely N-dealkylation sites (tertiary alicyclic amines) is 1. The summed E-state index contributed by atoms with van der Waals surface area (Å²) in [6.07, 6.45) is 8.34. The standard InChI is InChI=1S/C21H31N5O2/c1-25(14-19-17-8-3-2-4-9-18(17)23-24-19)21(28)15-11-20(27)26(12-15)13-16-7-5-6-10-22-16/h5-7,10,15,17-19,23-24H,2-4,8-9,11-14H2,1H3. The van der Waals surface area contributed by atoms with Crippen LogP contribution >= 0.6 is 0 Å². The van der Waals surface area contributed by atoms with Crippen LogP contribution < -0.4 is 10.9 Å². The van der Waals surface area contributed by atoms with Gasteiger partial charge in [-0.15, -0.1) is 0 Å². The first-order valence-electron chi connectivity index (χ1n) is 10.6. The molecule has 0 bridgehead atoms. The Hall–Kier alpha value is -1.99. The number of hydrogen-bond donors (Lipinski definition) is 2. The molecule has 3 aliphatic rings. The molecule has 3 heterocycles. The van der Waals surface area contributed by atoms with E-state index in [1.807, 2.05) is 30.1 Å². The Morgan fingerprint density at radius 2 is 2.11 bits per heavy atom. The number of amides is 2. The van der Waals surface area contributed by atoms with Gasteiger partial charge in [-0.05, 0) is 30.9 Å². The van der Waals surface area contributed by atoms with E-state index in [4.69, 9.17) is 0 Å². The Labute approximate surface area is 166 Å². The van der Waals surface area contributed by atoms with E-state index < -0.39 is 0 Å². The monoisotopic (exact) mass is 385 g/mol. The van der Waals surface area contributed by atoms with Crippen molar-refractivity contribution in [3.63, 3.8) is 0 Å². The molecular formula is C21H31N5O2. The van der Waals surface area contributed by atoms with Gasteiger partial charge in [-0.1, -0.05) is 25.3 Å². The van der Waals surface area contributed by atoms with E-state index in [1.165, 1.54) is 32.1 Å². The second-order valence-corrected chi connectivity index (χ2v) is 8.52. The molecule has 1 saturated carbocycles. The number of nitrogens with zero attached hydrogens (tertiary/aromatic N) is 3. The highest BCUT2D eigenvalue weighted by Crippen LogP contribution is 2.30. The van der Waals surface area contributed by atoms with E-state index in [2.05, 4.69) is 15.8 Å². The Bertz CT molecular complexity index is 697. The normalized spacial score (nSPS) is 30.2. The van der Waals surface area contributed by atoms with Crippen LogP contribution in [0.1, 0.15) is 44.2 Å². The zero-order chi connectivity index (χ0) is 19.5. The van der Waals surface area contributed by atoms with Gasteiger partial charge in [0.25, 0.3) is 0 Å². The second-order valence-electron chi connectivity index (χ2n) is 8.52. The Morgan fingerprint density at radius 3 is 2.93 bits per heavy atom. The van der Waals surface area contributed by atoms with Gasteiger partial charge >= 0.3 is 0 Å². The summed E-state index contributed by atoms with van der Waals surface area (Å²) in [6.45, 7) is 1.66. The van der Waals surface area contributed by atoms with Crippen LogP contribution in [0, 0.1) is 11.8 Å². The molecule has 4 unspecified atom stereocenters. The fourth-order valence-electron chi connectivity index (χ4n) is 4.97. The second kappa shape index (κ2) is 8.57. The number of nitrogens with one attached hydrogen (secondary N) is 2. The van der Waals surface area contributed by atoms with Crippen LogP contribution in [0.5, 0.6) is 0 Å². The minimum atomic E-state index is -0.250. The molecular weight excluding hydrogens is 354 g/mol. The topological polar surface area (TPSA) is 77.6 Å². The summed E-state index contributed by atoms with van der Waals surface area (Å²) in [5.74, 6) is 0.460. The van der Waals surface area contributed by atoms with E-state index in [0.29, 0.717) is 44.1 Å². The van der Waals surface area contributed by atoms with Crippen molar-refractivity contribution in [2.75, 3.05) is 20.1 Å². The molecule has 0 spiro atoms. The molecule has 1 aromatic rings. The largest absolute Gasteiger partial charge is 0.344 e. The van der Waals surface area contributed by atoms with E-state index in [-0.39, 0.29) is 17.7 Å². The van der Waals surface area contributed by atoms with E-state index in [9.17, 15) is 9.59 Å². The van der Waals surface area contributed by atoms with Gasteiger partial charge < -0.3 is 9.80 Å². The fourth-order valence-corrected chi connectivity index (χ4v) is 4.97. The molecule has 2 amide bonds. The first-order valence-corrected chi connectivity index (χ1v) is 10.6. The van der Waals surface area contributed by atoms with Gasteiger partial charge in [0.2, 0.25) is 11.8 Å². The van der Waals surface area contributed by atoms with Gasteiger partial charge in [0.05, 0.1) is 18.2 Å². The van der Waals surface area contributed by atoms with Crippen molar-refractivity contribution in [3.05, 3.63) is 30.1 Å². The minimum absolute atomic E-state index is 0.0434. The first-order chi connectivity index (χ1) is 13.6. The van der Waals surface area contributed by atoms with Crippen molar-refractivity contribution < 1.29 is 9.59 Å². The fraction of sp³-hybridized carbons (Fsp3) is 0.667. The van der Waals surface area contributed by atoms with Crippen LogP contribution in [-0.4, -0.2) is 58.8 Å². The lowest BCUT2D eigenvalue weighted by molar-refractivity contribution is -0.135. The average Bonchev–Trinajstić information content (AvgIpc) is 3.16. The van der Waals surface area contributed by atoms with Crippen LogP contribution in [0.3, 0.4) is 0 Å². The van der Waals surface area contributed by atoms with Crippen molar-refractivity contribution in [1.82, 2.24) is 25.6 Å². The molecule has 2 N–H and O–H groups in total. The molecule has 2 saturated heterocycles. The van der Waals surface area contributed by atoms with Gasteiger partial charge in [-0.25, -0.2) is 0 Å². The van der Waals surface area contributed by atoms with Gasteiger partial charge in [0.15, 0.2) is 0 Å². The molecule has 7 heteroatoms. The molecule has 28 heavy (non-hydrogen) atoms. The predicted molar refractivity (Wildman–Crippen MR) is 106 cm³/mol. The number of hydrogen-bond acceptors (Lipinski definition) is 5. The molecule has 4 rings (SSSR count). The Kier molecular flexibility index (Phi) is 5.92. The van der Waals surface area contributed by atoms with Crippen LogP contribution in [0.4, 0.5) is 0 Å². The molecule has 4 atom stereocenters. The number of pyridine rings is 1. The highest BCUT2D eigenvalue weighted by atomic mass is 16.2.